The van der Waals surface area contributed by atoms with Gasteiger partial charge in [0.25, 0.3) is 12.1 Å². The molecule has 1 fully saturated rings. The van der Waals surface area contributed by atoms with Crippen molar-refractivity contribution in [3.05, 3.63) is 5.53 Å². The van der Waals surface area contributed by atoms with E-state index in [9.17, 15) is 28.9 Å². The molecule has 3 N–H and O–H groups in total. The second kappa shape index (κ2) is 31.6. The van der Waals surface area contributed by atoms with Gasteiger partial charge in [0.2, 0.25) is 0 Å². The third kappa shape index (κ3) is 24.7. The van der Waals surface area contributed by atoms with Gasteiger partial charge < -0.3 is 20.9 Å². The van der Waals surface area contributed by atoms with Crippen LogP contribution in [0.4, 0.5) is 8.78 Å². The first-order valence-corrected chi connectivity index (χ1v) is 20.3. The Kier molecular flexibility index (Phi) is 30.7. The van der Waals surface area contributed by atoms with E-state index >= 15 is 0 Å². The number of carboxylic acid groups (broad SMARTS) is 1. The van der Waals surface area contributed by atoms with E-state index in [2.05, 4.69) is 18.6 Å². The van der Waals surface area contributed by atoms with Gasteiger partial charge in [-0.3, -0.25) is 4.79 Å². The summed E-state index contributed by atoms with van der Waals surface area (Å²) in [6.45, 7) is 6.32. The molecule has 48 heavy (non-hydrogen) atoms. The Bertz CT molecular complexity index is 793. The fraction of sp³-hybridized carbons (Fsp3) is 0.950. The van der Waals surface area contributed by atoms with Crippen molar-refractivity contribution in [1.82, 2.24) is 0 Å². The largest absolute Gasteiger partial charge is 0.481 e. The van der Waals surface area contributed by atoms with Gasteiger partial charge in [0.15, 0.2) is 0 Å². The maximum absolute atomic E-state index is 14.1. The smallest absolute Gasteiger partial charge is 0.306 e. The molecule has 0 aromatic carbocycles. The first-order valence-electron chi connectivity index (χ1n) is 20.3. The maximum Gasteiger partial charge on any atom is 0.306 e. The summed E-state index contributed by atoms with van der Waals surface area (Å²) in [6.07, 6.45) is 27.5. The monoisotopic (exact) mass is 687 g/mol. The highest BCUT2D eigenvalue weighted by atomic mass is 19.3. The number of hydrogen-bond acceptors (Lipinski definition) is 3. The third-order valence-corrected chi connectivity index (χ3v) is 10.5. The lowest BCUT2D eigenvalue weighted by Crippen LogP contribution is -2.34. The van der Waals surface area contributed by atoms with Gasteiger partial charge in [0, 0.05) is 12.8 Å². The summed E-state index contributed by atoms with van der Waals surface area (Å²) in [6, 6.07) is 0. The Labute approximate surface area is 293 Å². The molecule has 0 aromatic rings. The lowest BCUT2D eigenvalue weighted by atomic mass is 9.84. The van der Waals surface area contributed by atoms with Gasteiger partial charge >= 0.3 is 5.97 Å². The summed E-state index contributed by atoms with van der Waals surface area (Å²) in [7, 11) is 0. The van der Waals surface area contributed by atoms with E-state index in [1.54, 1.807) is 6.21 Å². The molecule has 0 heterocycles. The Balaban J connectivity index is 0.00000155. The summed E-state index contributed by atoms with van der Waals surface area (Å²) in [4.78, 5) is 14.6. The molecule has 0 aliphatic heterocycles. The zero-order valence-corrected chi connectivity index (χ0v) is 31.4. The van der Waals surface area contributed by atoms with Crippen molar-refractivity contribution >= 4 is 12.2 Å². The Hall–Kier alpha value is -1.37. The molecular weight excluding hydrogens is 610 g/mol. The fourth-order valence-electron chi connectivity index (χ4n) is 7.19. The lowest BCUT2D eigenvalue weighted by Gasteiger charge is -2.26. The minimum atomic E-state index is -3.03. The lowest BCUT2D eigenvalue weighted by molar-refractivity contribution is -0.142. The summed E-state index contributed by atoms with van der Waals surface area (Å²) < 4.78 is 28.2. The second-order valence-corrected chi connectivity index (χ2v) is 14.7. The van der Waals surface area contributed by atoms with Crippen LogP contribution in [-0.4, -0.2) is 50.4 Å². The first kappa shape index (κ1) is 46.6. The summed E-state index contributed by atoms with van der Waals surface area (Å²) >= 11 is 0. The summed E-state index contributed by atoms with van der Waals surface area (Å²) in [5.74, 6) is -3.68. The number of carboxylic acids is 1. The number of aliphatic hydroxyl groups is 2. The van der Waals surface area contributed by atoms with Crippen molar-refractivity contribution < 1.29 is 33.7 Å². The molecule has 0 amide bonds. The van der Waals surface area contributed by atoms with Crippen LogP contribution in [0.5, 0.6) is 0 Å². The van der Waals surface area contributed by atoms with Crippen molar-refractivity contribution in [2.75, 3.05) is 0 Å². The molecule has 0 bridgehead atoms. The van der Waals surface area contributed by atoms with Crippen LogP contribution in [0.2, 0.25) is 0 Å². The van der Waals surface area contributed by atoms with Crippen LogP contribution in [-0.2, 0) is 4.79 Å². The van der Waals surface area contributed by atoms with Crippen molar-refractivity contribution in [2.45, 2.75) is 225 Å². The molecule has 1 aliphatic rings. The van der Waals surface area contributed by atoms with Crippen LogP contribution in [0, 0.1) is 17.8 Å². The highest BCUT2D eigenvalue weighted by Crippen LogP contribution is 2.40. The molecule has 8 heteroatoms. The maximum atomic E-state index is 14.1. The molecule has 284 valence electrons. The molecule has 1 rings (SSSR count). The molecule has 6 nitrogen and oxygen atoms in total. The first-order chi connectivity index (χ1) is 23.1. The molecule has 0 aromatic heterocycles. The number of rotatable bonds is 31. The summed E-state index contributed by atoms with van der Waals surface area (Å²) in [5.41, 5.74) is 8.11. The van der Waals surface area contributed by atoms with Crippen molar-refractivity contribution in [1.29, 1.82) is 0 Å². The minimum absolute atomic E-state index is 0.0869. The SMILES string of the molecule is CCCCCCCCCC=[N+]=[N-].CCCCCCCCCCC(CCCCC[C@@H]1[C@@H](CC[C@@H](O)C(F)(F)CCCC)CC[C@@H]1O)C(=O)O. The predicted octanol–water partition coefficient (Wildman–Crippen LogP) is 11.9. The average molecular weight is 687 g/mol. The molecule has 0 saturated heterocycles. The van der Waals surface area contributed by atoms with Gasteiger partial charge in [-0.2, -0.15) is 4.79 Å². The van der Waals surface area contributed by atoms with Gasteiger partial charge in [0.1, 0.15) is 6.10 Å². The molecule has 0 radical (unpaired) electrons. The van der Waals surface area contributed by atoms with Gasteiger partial charge in [-0.25, -0.2) is 8.78 Å². The van der Waals surface area contributed by atoms with Crippen molar-refractivity contribution in [3.63, 3.8) is 0 Å². The molecular formula is C40H76F2N2O4. The van der Waals surface area contributed by atoms with Crippen LogP contribution in [0.3, 0.4) is 0 Å². The number of hydrogen-bond donors (Lipinski definition) is 3. The number of alkyl halides is 2. The molecule has 1 aliphatic carbocycles. The molecule has 0 spiro atoms. The van der Waals surface area contributed by atoms with E-state index in [1.165, 1.54) is 77.0 Å². The number of carbonyl (C=O) groups is 1. The van der Waals surface area contributed by atoms with E-state index in [-0.39, 0.29) is 36.7 Å². The van der Waals surface area contributed by atoms with Crippen LogP contribution >= 0.6 is 0 Å². The average Bonchev–Trinajstić information content (AvgIpc) is 3.42. The van der Waals surface area contributed by atoms with Gasteiger partial charge in [-0.1, -0.05) is 136 Å². The number of aliphatic carboxylic acids is 1. The Morgan fingerprint density at radius 1 is 0.750 bits per heavy atom. The Morgan fingerprint density at radius 3 is 1.77 bits per heavy atom. The number of halogens is 2. The van der Waals surface area contributed by atoms with E-state index < -0.39 is 18.0 Å². The van der Waals surface area contributed by atoms with Crippen LogP contribution in [0.15, 0.2) is 0 Å². The zero-order valence-electron chi connectivity index (χ0n) is 31.4. The van der Waals surface area contributed by atoms with Gasteiger partial charge in [-0.15, -0.1) is 0 Å². The second-order valence-electron chi connectivity index (χ2n) is 14.7. The molecule has 1 saturated carbocycles. The number of aliphatic hydroxyl groups excluding tert-OH is 2. The highest BCUT2D eigenvalue weighted by molar-refractivity contribution is 5.69. The van der Waals surface area contributed by atoms with E-state index in [4.69, 9.17) is 5.53 Å². The Morgan fingerprint density at radius 2 is 1.25 bits per heavy atom. The fourth-order valence-corrected chi connectivity index (χ4v) is 7.19. The van der Waals surface area contributed by atoms with E-state index in [1.807, 2.05) is 6.92 Å². The highest BCUT2D eigenvalue weighted by Gasteiger charge is 2.40. The van der Waals surface area contributed by atoms with Crippen LogP contribution < -0.4 is 0 Å². The summed E-state index contributed by atoms with van der Waals surface area (Å²) in [5, 5.41) is 30.0. The van der Waals surface area contributed by atoms with E-state index in [0.717, 1.165) is 64.2 Å². The molecule has 1 unspecified atom stereocenters. The molecule has 5 atom stereocenters. The minimum Gasteiger partial charge on any atom is -0.481 e. The predicted molar refractivity (Wildman–Crippen MR) is 196 cm³/mol. The van der Waals surface area contributed by atoms with Crippen LogP contribution in [0.25, 0.3) is 5.53 Å². The van der Waals surface area contributed by atoms with Crippen LogP contribution in [0.1, 0.15) is 207 Å². The topological polar surface area (TPSA) is 114 Å². The number of nitrogens with zero attached hydrogens (tertiary/aromatic N) is 2. The third-order valence-electron chi connectivity index (χ3n) is 10.5. The quantitative estimate of drug-likeness (QED) is 0.0291. The van der Waals surface area contributed by atoms with Gasteiger partial charge in [0.05, 0.1) is 12.0 Å². The normalized spacial score (nSPS) is 18.9. The standard InChI is InChI=1S/C30H56F2O4.C10H20N2/c1-3-5-7-8-9-10-11-13-16-25(29(35)36)17-14-12-15-18-26-24(19-21-27(26)33)20-22-28(34)30(31,32)23-6-4-2;1-2-3-4-5-6-7-8-9-10-12-11/h24-28,33-34H,3-23H2,1-2H3,(H,35,36);10H,2-9H2,1H3/t24-,25?,26-,27+,28-;/m1./s1. The number of unbranched alkanes of at least 4 members (excludes halogenated alkanes) is 17. The van der Waals surface area contributed by atoms with Gasteiger partial charge in [-0.05, 0) is 69.6 Å². The zero-order chi connectivity index (χ0) is 35.9. The van der Waals surface area contributed by atoms with E-state index in [0.29, 0.717) is 32.1 Å². The van der Waals surface area contributed by atoms with Crippen molar-refractivity contribution in [2.24, 2.45) is 17.8 Å². The van der Waals surface area contributed by atoms with Crippen molar-refractivity contribution in [3.8, 4) is 0 Å².